The molecule has 102 valence electrons. The summed E-state index contributed by atoms with van der Waals surface area (Å²) in [6, 6.07) is 0.726. The lowest BCUT2D eigenvalue weighted by Crippen LogP contribution is -2.47. The number of nitrogens with one attached hydrogen (secondary N) is 1. The molecule has 1 unspecified atom stereocenters. The van der Waals surface area contributed by atoms with Crippen LogP contribution < -0.4 is 5.32 Å². The van der Waals surface area contributed by atoms with Crippen LogP contribution in [0, 0.1) is 0 Å². The van der Waals surface area contributed by atoms with Gasteiger partial charge < -0.3 is 10.1 Å². The molecule has 17 heavy (non-hydrogen) atoms. The van der Waals surface area contributed by atoms with Crippen molar-refractivity contribution in [2.24, 2.45) is 0 Å². The maximum absolute atomic E-state index is 5.44. The van der Waals surface area contributed by atoms with E-state index < -0.39 is 0 Å². The van der Waals surface area contributed by atoms with Crippen LogP contribution in [0.3, 0.4) is 0 Å². The van der Waals surface area contributed by atoms with Crippen LogP contribution >= 0.6 is 0 Å². The highest BCUT2D eigenvalue weighted by Crippen LogP contribution is 2.17. The maximum atomic E-state index is 5.44. The van der Waals surface area contributed by atoms with Crippen molar-refractivity contribution in [3.05, 3.63) is 0 Å². The zero-order valence-electron chi connectivity index (χ0n) is 11.9. The molecule has 1 heterocycles. The summed E-state index contributed by atoms with van der Waals surface area (Å²) in [6.07, 6.45) is 6.72. The first-order chi connectivity index (χ1) is 8.31. The van der Waals surface area contributed by atoms with E-state index in [-0.39, 0.29) is 0 Å². The molecule has 0 spiro atoms. The Bertz CT molecular complexity index is 179. The Morgan fingerprint density at radius 2 is 1.94 bits per heavy atom. The van der Waals surface area contributed by atoms with Crippen LogP contribution in [-0.4, -0.2) is 50.3 Å². The molecule has 0 radical (unpaired) electrons. The molecule has 0 aromatic rings. The van der Waals surface area contributed by atoms with Crippen molar-refractivity contribution in [2.45, 2.75) is 58.1 Å². The van der Waals surface area contributed by atoms with E-state index in [1.807, 2.05) is 7.11 Å². The fourth-order valence-electron chi connectivity index (χ4n) is 2.67. The first-order valence-electron chi connectivity index (χ1n) is 7.29. The summed E-state index contributed by atoms with van der Waals surface area (Å²) in [6.45, 7) is 9.22. The molecule has 1 aliphatic heterocycles. The molecular weight excluding hydrogens is 212 g/mol. The Labute approximate surface area is 107 Å². The van der Waals surface area contributed by atoms with Crippen molar-refractivity contribution >= 4 is 0 Å². The second-order valence-corrected chi connectivity index (χ2v) is 5.12. The molecule has 1 rings (SSSR count). The number of likely N-dealkylation sites (tertiary alicyclic amines) is 1. The SMILES string of the molecule is CCCNCC(CCC)N1CCC(OC)CC1. The van der Waals surface area contributed by atoms with Gasteiger partial charge in [-0.1, -0.05) is 20.3 Å². The van der Waals surface area contributed by atoms with Crippen molar-refractivity contribution in [3.8, 4) is 0 Å². The summed E-state index contributed by atoms with van der Waals surface area (Å²) in [5.41, 5.74) is 0. The van der Waals surface area contributed by atoms with Gasteiger partial charge in [0.25, 0.3) is 0 Å². The molecule has 1 aliphatic rings. The monoisotopic (exact) mass is 242 g/mol. The summed E-state index contributed by atoms with van der Waals surface area (Å²) in [5, 5.41) is 3.57. The standard InChI is InChI=1S/C14H30N2O/c1-4-6-13(12-15-9-5-2)16-10-7-14(17-3)8-11-16/h13-15H,4-12H2,1-3H3. The van der Waals surface area contributed by atoms with Gasteiger partial charge in [0.15, 0.2) is 0 Å². The molecule has 0 amide bonds. The fraction of sp³-hybridized carbons (Fsp3) is 1.00. The first-order valence-corrected chi connectivity index (χ1v) is 7.29. The van der Waals surface area contributed by atoms with Crippen molar-refractivity contribution in [1.82, 2.24) is 10.2 Å². The van der Waals surface area contributed by atoms with Crippen LogP contribution in [0.1, 0.15) is 46.0 Å². The van der Waals surface area contributed by atoms with Gasteiger partial charge in [0.1, 0.15) is 0 Å². The molecule has 3 nitrogen and oxygen atoms in total. The minimum atomic E-state index is 0.497. The van der Waals surface area contributed by atoms with E-state index in [1.54, 1.807) is 0 Å². The Balaban J connectivity index is 2.31. The predicted octanol–water partition coefficient (Wildman–Crippen LogP) is 2.27. The average Bonchev–Trinajstić information content (AvgIpc) is 2.38. The van der Waals surface area contributed by atoms with Gasteiger partial charge in [-0.25, -0.2) is 0 Å². The first kappa shape index (κ1) is 14.9. The Hall–Kier alpha value is -0.120. The van der Waals surface area contributed by atoms with Crippen molar-refractivity contribution in [1.29, 1.82) is 0 Å². The Morgan fingerprint density at radius 3 is 2.47 bits per heavy atom. The second-order valence-electron chi connectivity index (χ2n) is 5.12. The molecule has 0 aromatic heterocycles. The van der Waals surface area contributed by atoms with Gasteiger partial charge in [0.05, 0.1) is 6.10 Å². The molecule has 0 bridgehead atoms. The molecular formula is C14H30N2O. The molecule has 0 saturated carbocycles. The summed E-state index contributed by atoms with van der Waals surface area (Å²) < 4.78 is 5.44. The van der Waals surface area contributed by atoms with Gasteiger partial charge in [0.2, 0.25) is 0 Å². The normalized spacial score (nSPS) is 20.6. The minimum absolute atomic E-state index is 0.497. The zero-order valence-corrected chi connectivity index (χ0v) is 11.9. The molecule has 1 saturated heterocycles. The highest BCUT2D eigenvalue weighted by atomic mass is 16.5. The number of hydrogen-bond donors (Lipinski definition) is 1. The molecule has 3 heteroatoms. The maximum Gasteiger partial charge on any atom is 0.0595 e. The van der Waals surface area contributed by atoms with Gasteiger partial charge >= 0.3 is 0 Å². The number of nitrogens with zero attached hydrogens (tertiary/aromatic N) is 1. The summed E-state index contributed by atoms with van der Waals surface area (Å²) in [7, 11) is 1.84. The van der Waals surface area contributed by atoms with Crippen molar-refractivity contribution in [2.75, 3.05) is 33.3 Å². The van der Waals surface area contributed by atoms with E-state index in [2.05, 4.69) is 24.1 Å². The van der Waals surface area contributed by atoms with Gasteiger partial charge in [-0.3, -0.25) is 4.90 Å². The van der Waals surface area contributed by atoms with Crippen LogP contribution in [0.2, 0.25) is 0 Å². The van der Waals surface area contributed by atoms with Crippen LogP contribution in [0.5, 0.6) is 0 Å². The summed E-state index contributed by atoms with van der Waals surface area (Å²) in [5.74, 6) is 0. The van der Waals surface area contributed by atoms with E-state index in [1.165, 1.54) is 45.2 Å². The zero-order chi connectivity index (χ0) is 12.5. The Morgan fingerprint density at radius 1 is 1.24 bits per heavy atom. The van der Waals surface area contributed by atoms with Crippen LogP contribution in [-0.2, 0) is 4.74 Å². The molecule has 1 fully saturated rings. The Kier molecular flexibility index (Phi) is 7.82. The highest BCUT2D eigenvalue weighted by Gasteiger charge is 2.23. The van der Waals surface area contributed by atoms with E-state index in [0.717, 1.165) is 19.1 Å². The number of piperidine rings is 1. The predicted molar refractivity (Wildman–Crippen MR) is 73.5 cm³/mol. The van der Waals surface area contributed by atoms with Gasteiger partial charge in [0, 0.05) is 32.8 Å². The second kappa shape index (κ2) is 8.90. The molecule has 0 aliphatic carbocycles. The fourth-order valence-corrected chi connectivity index (χ4v) is 2.67. The highest BCUT2D eigenvalue weighted by molar-refractivity contribution is 4.80. The lowest BCUT2D eigenvalue weighted by Gasteiger charge is -2.37. The summed E-state index contributed by atoms with van der Waals surface area (Å²) in [4.78, 5) is 2.65. The largest absolute Gasteiger partial charge is 0.381 e. The molecule has 1 N–H and O–H groups in total. The minimum Gasteiger partial charge on any atom is -0.381 e. The van der Waals surface area contributed by atoms with E-state index in [0.29, 0.717) is 6.10 Å². The van der Waals surface area contributed by atoms with Gasteiger partial charge in [-0.15, -0.1) is 0 Å². The summed E-state index contributed by atoms with van der Waals surface area (Å²) >= 11 is 0. The topological polar surface area (TPSA) is 24.5 Å². The van der Waals surface area contributed by atoms with Gasteiger partial charge in [-0.05, 0) is 32.2 Å². The third kappa shape index (κ3) is 5.36. The third-order valence-corrected chi connectivity index (χ3v) is 3.75. The lowest BCUT2D eigenvalue weighted by molar-refractivity contribution is 0.0257. The molecule has 0 aromatic carbocycles. The number of rotatable bonds is 8. The number of ether oxygens (including phenoxy) is 1. The van der Waals surface area contributed by atoms with Crippen LogP contribution in [0.4, 0.5) is 0 Å². The smallest absolute Gasteiger partial charge is 0.0595 e. The number of methoxy groups -OCH3 is 1. The third-order valence-electron chi connectivity index (χ3n) is 3.75. The quantitative estimate of drug-likeness (QED) is 0.661. The van der Waals surface area contributed by atoms with Crippen LogP contribution in [0.15, 0.2) is 0 Å². The van der Waals surface area contributed by atoms with E-state index >= 15 is 0 Å². The number of hydrogen-bond acceptors (Lipinski definition) is 3. The van der Waals surface area contributed by atoms with Crippen LogP contribution in [0.25, 0.3) is 0 Å². The lowest BCUT2D eigenvalue weighted by atomic mass is 10.0. The van der Waals surface area contributed by atoms with Gasteiger partial charge in [-0.2, -0.15) is 0 Å². The average molecular weight is 242 g/mol. The van der Waals surface area contributed by atoms with Crippen molar-refractivity contribution < 1.29 is 4.74 Å². The van der Waals surface area contributed by atoms with Crippen molar-refractivity contribution in [3.63, 3.8) is 0 Å². The van der Waals surface area contributed by atoms with E-state index in [4.69, 9.17) is 4.74 Å². The molecule has 1 atom stereocenters. The van der Waals surface area contributed by atoms with E-state index in [9.17, 15) is 0 Å².